The third-order valence-corrected chi connectivity index (χ3v) is 4.35. The van der Waals surface area contributed by atoms with E-state index < -0.39 is 0 Å². The van der Waals surface area contributed by atoms with Crippen LogP contribution in [0.3, 0.4) is 0 Å². The highest BCUT2D eigenvalue weighted by Crippen LogP contribution is 2.21. The molecule has 0 aliphatic carbocycles. The first-order valence-electron chi connectivity index (χ1n) is 7.32. The van der Waals surface area contributed by atoms with E-state index in [4.69, 9.17) is 0 Å². The lowest BCUT2D eigenvalue weighted by molar-refractivity contribution is -0.128. The van der Waals surface area contributed by atoms with Gasteiger partial charge in [-0.3, -0.25) is 4.79 Å². The normalized spacial score (nSPS) is 26.1. The monoisotopic (exact) mass is 253 g/mol. The number of Topliss-reactive ketones (excluding diaryl/α,β-unsaturated/α-hetero) is 1. The molecule has 0 aromatic rings. The second kappa shape index (κ2) is 6.64. The van der Waals surface area contributed by atoms with Crippen LogP contribution in [0.5, 0.6) is 0 Å². The van der Waals surface area contributed by atoms with Crippen molar-refractivity contribution in [2.45, 2.75) is 19.8 Å². The Bertz CT molecular complexity index is 268. The van der Waals surface area contributed by atoms with Crippen molar-refractivity contribution in [3.8, 4) is 0 Å². The van der Waals surface area contributed by atoms with Crippen molar-refractivity contribution >= 4 is 5.78 Å². The molecule has 1 N–H and O–H groups in total. The van der Waals surface area contributed by atoms with E-state index in [1.807, 2.05) is 0 Å². The summed E-state index contributed by atoms with van der Waals surface area (Å²) in [4.78, 5) is 17.2. The number of likely N-dealkylation sites (tertiary alicyclic amines) is 1. The Morgan fingerprint density at radius 2 is 1.83 bits per heavy atom. The van der Waals surface area contributed by atoms with Gasteiger partial charge in [0.25, 0.3) is 0 Å². The van der Waals surface area contributed by atoms with Crippen LogP contribution >= 0.6 is 0 Å². The first kappa shape index (κ1) is 14.0. The molecule has 2 aliphatic heterocycles. The van der Waals surface area contributed by atoms with Gasteiger partial charge < -0.3 is 15.1 Å². The Labute approximate surface area is 111 Å². The van der Waals surface area contributed by atoms with Crippen molar-refractivity contribution in [2.75, 3.05) is 52.9 Å². The molecule has 1 atom stereocenters. The first-order valence-corrected chi connectivity index (χ1v) is 7.32. The van der Waals surface area contributed by atoms with Crippen LogP contribution in [0.15, 0.2) is 0 Å². The molecule has 0 saturated carbocycles. The van der Waals surface area contributed by atoms with Gasteiger partial charge in [-0.05, 0) is 33.0 Å². The zero-order valence-electron chi connectivity index (χ0n) is 11.8. The van der Waals surface area contributed by atoms with E-state index in [0.717, 1.165) is 58.7 Å². The largest absolute Gasteiger partial charge is 0.314 e. The number of ketones is 1. The summed E-state index contributed by atoms with van der Waals surface area (Å²) in [6.45, 7) is 9.53. The molecule has 18 heavy (non-hydrogen) atoms. The van der Waals surface area contributed by atoms with Gasteiger partial charge in [0.1, 0.15) is 5.78 Å². The van der Waals surface area contributed by atoms with Gasteiger partial charge in [0.15, 0.2) is 0 Å². The maximum Gasteiger partial charge on any atom is 0.140 e. The number of nitrogens with one attached hydrogen (secondary N) is 1. The second-order valence-corrected chi connectivity index (χ2v) is 5.93. The van der Waals surface area contributed by atoms with Crippen LogP contribution in [0.25, 0.3) is 0 Å². The Balaban J connectivity index is 1.77. The third-order valence-electron chi connectivity index (χ3n) is 4.35. The minimum absolute atomic E-state index is 0.205. The number of carbonyl (C=O) groups excluding carboxylic acids is 1. The minimum Gasteiger partial charge on any atom is -0.314 e. The predicted octanol–water partition coefficient (Wildman–Crippen LogP) is 0.439. The summed E-state index contributed by atoms with van der Waals surface area (Å²) in [6, 6.07) is 0. The Kier molecular flexibility index (Phi) is 5.15. The van der Waals surface area contributed by atoms with E-state index in [0.29, 0.717) is 11.7 Å². The summed E-state index contributed by atoms with van der Waals surface area (Å²) in [6.07, 6.45) is 2.11. The highest BCUT2D eigenvalue weighted by atomic mass is 16.1. The molecule has 0 spiro atoms. The maximum absolute atomic E-state index is 12.4. The van der Waals surface area contributed by atoms with Gasteiger partial charge in [-0.25, -0.2) is 0 Å². The number of nitrogens with zero attached hydrogens (tertiary/aromatic N) is 2. The second-order valence-electron chi connectivity index (χ2n) is 5.93. The lowest BCUT2D eigenvalue weighted by Crippen LogP contribution is -2.46. The molecule has 4 nitrogen and oxygen atoms in total. The van der Waals surface area contributed by atoms with Gasteiger partial charge in [0.05, 0.1) is 0 Å². The number of piperidine rings is 1. The highest BCUT2D eigenvalue weighted by Gasteiger charge is 2.28. The molecule has 2 heterocycles. The average molecular weight is 253 g/mol. The predicted molar refractivity (Wildman–Crippen MR) is 73.7 cm³/mol. The SMILES string of the molecule is CC(CN1CCNCC1)C(=O)C1CCN(C)CC1. The smallest absolute Gasteiger partial charge is 0.140 e. The number of hydrogen-bond donors (Lipinski definition) is 1. The van der Waals surface area contributed by atoms with Gasteiger partial charge >= 0.3 is 0 Å². The number of rotatable bonds is 4. The molecule has 0 amide bonds. The molecule has 0 bridgehead atoms. The average Bonchev–Trinajstić information content (AvgIpc) is 2.40. The summed E-state index contributed by atoms with van der Waals surface area (Å²) >= 11 is 0. The van der Waals surface area contributed by atoms with E-state index >= 15 is 0 Å². The fraction of sp³-hybridized carbons (Fsp3) is 0.929. The van der Waals surface area contributed by atoms with E-state index in [2.05, 4.69) is 29.1 Å². The fourth-order valence-electron chi connectivity index (χ4n) is 3.07. The molecule has 0 aromatic heterocycles. The van der Waals surface area contributed by atoms with Crippen LogP contribution in [0.2, 0.25) is 0 Å². The van der Waals surface area contributed by atoms with Crippen LogP contribution in [0.1, 0.15) is 19.8 Å². The maximum atomic E-state index is 12.4. The van der Waals surface area contributed by atoms with Crippen molar-refractivity contribution in [1.29, 1.82) is 0 Å². The van der Waals surface area contributed by atoms with E-state index in [-0.39, 0.29) is 5.92 Å². The topological polar surface area (TPSA) is 35.6 Å². The zero-order chi connectivity index (χ0) is 13.0. The Morgan fingerprint density at radius 3 is 2.44 bits per heavy atom. The van der Waals surface area contributed by atoms with E-state index in [1.165, 1.54) is 0 Å². The zero-order valence-corrected chi connectivity index (χ0v) is 11.8. The van der Waals surface area contributed by atoms with Crippen molar-refractivity contribution in [1.82, 2.24) is 15.1 Å². The summed E-state index contributed by atoms with van der Waals surface area (Å²) in [5.41, 5.74) is 0. The fourth-order valence-corrected chi connectivity index (χ4v) is 3.07. The van der Waals surface area contributed by atoms with Gasteiger partial charge in [-0.15, -0.1) is 0 Å². The summed E-state index contributed by atoms with van der Waals surface area (Å²) in [5.74, 6) is 1.03. The molecule has 0 aromatic carbocycles. The van der Waals surface area contributed by atoms with Gasteiger partial charge in [-0.1, -0.05) is 6.92 Å². The lowest BCUT2D eigenvalue weighted by atomic mass is 9.86. The molecule has 2 rings (SSSR count). The molecular weight excluding hydrogens is 226 g/mol. The summed E-state index contributed by atoms with van der Waals surface area (Å²) in [7, 11) is 2.14. The van der Waals surface area contributed by atoms with Gasteiger partial charge in [0, 0.05) is 44.6 Å². The summed E-state index contributed by atoms with van der Waals surface area (Å²) < 4.78 is 0. The highest BCUT2D eigenvalue weighted by molar-refractivity contribution is 5.83. The van der Waals surface area contributed by atoms with E-state index in [1.54, 1.807) is 0 Å². The molecule has 2 saturated heterocycles. The van der Waals surface area contributed by atoms with Crippen molar-refractivity contribution < 1.29 is 4.79 Å². The van der Waals surface area contributed by atoms with Crippen LogP contribution in [-0.2, 0) is 4.79 Å². The number of piperazine rings is 1. The lowest BCUT2D eigenvalue weighted by Gasteiger charge is -2.32. The molecule has 2 aliphatic rings. The van der Waals surface area contributed by atoms with Gasteiger partial charge in [0.2, 0.25) is 0 Å². The van der Waals surface area contributed by atoms with Crippen LogP contribution < -0.4 is 5.32 Å². The standard InChI is InChI=1S/C14H27N3O/c1-12(11-17-9-5-15-6-10-17)14(18)13-3-7-16(2)8-4-13/h12-13,15H,3-11H2,1-2H3. The molecule has 1 unspecified atom stereocenters. The van der Waals surface area contributed by atoms with E-state index in [9.17, 15) is 4.79 Å². The van der Waals surface area contributed by atoms with Crippen molar-refractivity contribution in [3.05, 3.63) is 0 Å². The summed E-state index contributed by atoms with van der Waals surface area (Å²) in [5, 5.41) is 3.35. The molecule has 4 heteroatoms. The molecule has 2 fully saturated rings. The van der Waals surface area contributed by atoms with Crippen LogP contribution in [0, 0.1) is 11.8 Å². The molecule has 104 valence electrons. The Morgan fingerprint density at radius 1 is 1.22 bits per heavy atom. The Hall–Kier alpha value is -0.450. The minimum atomic E-state index is 0.205. The third kappa shape index (κ3) is 3.77. The van der Waals surface area contributed by atoms with Crippen LogP contribution in [0.4, 0.5) is 0 Å². The number of carbonyl (C=O) groups is 1. The molecule has 0 radical (unpaired) electrons. The van der Waals surface area contributed by atoms with Crippen molar-refractivity contribution in [3.63, 3.8) is 0 Å². The van der Waals surface area contributed by atoms with Gasteiger partial charge in [-0.2, -0.15) is 0 Å². The quantitative estimate of drug-likeness (QED) is 0.788. The molecular formula is C14H27N3O. The van der Waals surface area contributed by atoms with Crippen LogP contribution in [-0.4, -0.2) is 68.4 Å². The number of hydrogen-bond acceptors (Lipinski definition) is 4. The first-order chi connectivity index (χ1) is 8.66. The van der Waals surface area contributed by atoms with Crippen molar-refractivity contribution in [2.24, 2.45) is 11.8 Å².